The second kappa shape index (κ2) is 5.71. The van der Waals surface area contributed by atoms with Crippen molar-refractivity contribution in [3.05, 3.63) is 0 Å². The van der Waals surface area contributed by atoms with Gasteiger partial charge < -0.3 is 5.32 Å². The Balaban J connectivity index is 1.46. The molecule has 3 fully saturated rings. The van der Waals surface area contributed by atoms with E-state index in [1.807, 2.05) is 0 Å². The van der Waals surface area contributed by atoms with Crippen molar-refractivity contribution in [2.45, 2.75) is 82.3 Å². The summed E-state index contributed by atoms with van der Waals surface area (Å²) >= 11 is 0. The zero-order valence-corrected chi connectivity index (χ0v) is 11.2. The van der Waals surface area contributed by atoms with Crippen molar-refractivity contribution in [2.75, 3.05) is 13.1 Å². The summed E-state index contributed by atoms with van der Waals surface area (Å²) in [6.07, 6.45) is 14.6. The SMILES string of the molecule is C1CCCC(N2CCC(NC3CC3)C2)CCC1. The van der Waals surface area contributed by atoms with E-state index < -0.39 is 0 Å². The lowest BCUT2D eigenvalue weighted by Gasteiger charge is -2.29. The van der Waals surface area contributed by atoms with Gasteiger partial charge in [-0.15, -0.1) is 0 Å². The first-order valence-corrected chi connectivity index (χ1v) is 7.92. The van der Waals surface area contributed by atoms with E-state index >= 15 is 0 Å². The van der Waals surface area contributed by atoms with Crippen LogP contribution in [0, 0.1) is 0 Å². The van der Waals surface area contributed by atoms with Crippen LogP contribution in [-0.2, 0) is 0 Å². The van der Waals surface area contributed by atoms with Crippen LogP contribution < -0.4 is 5.32 Å². The molecule has 3 rings (SSSR count). The van der Waals surface area contributed by atoms with Gasteiger partial charge in [0, 0.05) is 31.2 Å². The Kier molecular flexibility index (Phi) is 4.02. The summed E-state index contributed by atoms with van der Waals surface area (Å²) in [5.41, 5.74) is 0. The predicted molar refractivity (Wildman–Crippen MR) is 72.2 cm³/mol. The Labute approximate surface area is 106 Å². The molecule has 0 aromatic carbocycles. The molecular formula is C15H28N2. The summed E-state index contributed by atoms with van der Waals surface area (Å²) in [6.45, 7) is 2.69. The van der Waals surface area contributed by atoms with E-state index in [0.29, 0.717) is 0 Å². The lowest BCUT2D eigenvalue weighted by molar-refractivity contribution is 0.198. The van der Waals surface area contributed by atoms with Crippen LogP contribution in [0.2, 0.25) is 0 Å². The summed E-state index contributed by atoms with van der Waals surface area (Å²) in [6, 6.07) is 2.62. The lowest BCUT2D eigenvalue weighted by atomic mass is 9.96. The molecule has 1 heterocycles. The summed E-state index contributed by atoms with van der Waals surface area (Å²) in [5.74, 6) is 0. The number of nitrogens with zero attached hydrogens (tertiary/aromatic N) is 1. The molecule has 0 amide bonds. The molecule has 1 saturated heterocycles. The van der Waals surface area contributed by atoms with Crippen LogP contribution in [0.3, 0.4) is 0 Å². The molecule has 2 heteroatoms. The molecule has 2 aliphatic carbocycles. The van der Waals surface area contributed by atoms with Gasteiger partial charge in [-0.3, -0.25) is 4.90 Å². The summed E-state index contributed by atoms with van der Waals surface area (Å²) in [4.78, 5) is 2.80. The molecule has 98 valence electrons. The fourth-order valence-electron chi connectivity index (χ4n) is 3.64. The highest BCUT2D eigenvalue weighted by Gasteiger charge is 2.31. The van der Waals surface area contributed by atoms with Crippen molar-refractivity contribution in [1.29, 1.82) is 0 Å². The third kappa shape index (κ3) is 3.45. The second-order valence-electron chi connectivity index (χ2n) is 6.42. The number of hydrogen-bond acceptors (Lipinski definition) is 2. The molecule has 0 aromatic heterocycles. The van der Waals surface area contributed by atoms with Gasteiger partial charge in [0.05, 0.1) is 0 Å². The highest BCUT2D eigenvalue weighted by molar-refractivity contribution is 4.91. The van der Waals surface area contributed by atoms with Crippen LogP contribution in [0.4, 0.5) is 0 Å². The van der Waals surface area contributed by atoms with Gasteiger partial charge in [0.2, 0.25) is 0 Å². The van der Waals surface area contributed by atoms with Gasteiger partial charge in [-0.2, -0.15) is 0 Å². The van der Waals surface area contributed by atoms with Crippen LogP contribution in [0.25, 0.3) is 0 Å². The van der Waals surface area contributed by atoms with E-state index in [-0.39, 0.29) is 0 Å². The zero-order chi connectivity index (χ0) is 11.5. The van der Waals surface area contributed by atoms with Gasteiger partial charge in [-0.1, -0.05) is 32.1 Å². The van der Waals surface area contributed by atoms with Gasteiger partial charge in [-0.05, 0) is 32.1 Å². The quantitative estimate of drug-likeness (QED) is 0.810. The first kappa shape index (κ1) is 12.0. The molecule has 0 bridgehead atoms. The van der Waals surface area contributed by atoms with Crippen molar-refractivity contribution < 1.29 is 0 Å². The number of nitrogens with one attached hydrogen (secondary N) is 1. The van der Waals surface area contributed by atoms with Crippen molar-refractivity contribution in [3.63, 3.8) is 0 Å². The van der Waals surface area contributed by atoms with Gasteiger partial charge >= 0.3 is 0 Å². The van der Waals surface area contributed by atoms with Crippen LogP contribution in [0.15, 0.2) is 0 Å². The summed E-state index contributed by atoms with van der Waals surface area (Å²) < 4.78 is 0. The molecule has 2 nitrogen and oxygen atoms in total. The average molecular weight is 236 g/mol. The van der Waals surface area contributed by atoms with E-state index in [1.54, 1.807) is 0 Å². The Bertz CT molecular complexity index is 229. The first-order valence-electron chi connectivity index (χ1n) is 7.92. The van der Waals surface area contributed by atoms with Gasteiger partial charge in [0.25, 0.3) is 0 Å². The van der Waals surface area contributed by atoms with Crippen molar-refractivity contribution in [2.24, 2.45) is 0 Å². The molecule has 1 N–H and O–H groups in total. The largest absolute Gasteiger partial charge is 0.310 e. The van der Waals surface area contributed by atoms with Gasteiger partial charge in [0.1, 0.15) is 0 Å². The molecule has 17 heavy (non-hydrogen) atoms. The predicted octanol–water partition coefficient (Wildman–Crippen LogP) is 2.93. The van der Waals surface area contributed by atoms with Crippen molar-refractivity contribution in [3.8, 4) is 0 Å². The summed E-state index contributed by atoms with van der Waals surface area (Å²) in [7, 11) is 0. The number of rotatable bonds is 3. The molecule has 1 aliphatic heterocycles. The molecule has 2 saturated carbocycles. The number of likely N-dealkylation sites (tertiary alicyclic amines) is 1. The molecule has 1 atom stereocenters. The fraction of sp³-hybridized carbons (Fsp3) is 1.00. The molecule has 3 aliphatic rings. The van der Waals surface area contributed by atoms with Crippen LogP contribution in [-0.4, -0.2) is 36.1 Å². The van der Waals surface area contributed by atoms with Crippen molar-refractivity contribution in [1.82, 2.24) is 10.2 Å². The van der Waals surface area contributed by atoms with E-state index in [9.17, 15) is 0 Å². The van der Waals surface area contributed by atoms with Crippen molar-refractivity contribution >= 4 is 0 Å². The topological polar surface area (TPSA) is 15.3 Å². The van der Waals surface area contributed by atoms with E-state index in [2.05, 4.69) is 10.2 Å². The maximum absolute atomic E-state index is 3.81. The molecule has 0 radical (unpaired) electrons. The van der Waals surface area contributed by atoms with E-state index in [1.165, 1.54) is 77.3 Å². The van der Waals surface area contributed by atoms with Gasteiger partial charge in [0.15, 0.2) is 0 Å². The molecule has 0 aromatic rings. The molecule has 1 unspecified atom stereocenters. The highest BCUT2D eigenvalue weighted by Crippen LogP contribution is 2.26. The van der Waals surface area contributed by atoms with Gasteiger partial charge in [-0.25, -0.2) is 0 Å². The van der Waals surface area contributed by atoms with Crippen LogP contribution in [0.1, 0.15) is 64.2 Å². The van der Waals surface area contributed by atoms with Crippen LogP contribution in [0.5, 0.6) is 0 Å². The number of hydrogen-bond donors (Lipinski definition) is 1. The minimum atomic E-state index is 0.813. The first-order chi connectivity index (χ1) is 8.42. The normalized spacial score (nSPS) is 33.5. The average Bonchev–Trinajstić information content (AvgIpc) is 2.96. The van der Waals surface area contributed by atoms with E-state index in [0.717, 1.165) is 18.1 Å². The zero-order valence-electron chi connectivity index (χ0n) is 11.2. The smallest absolute Gasteiger partial charge is 0.0209 e. The maximum atomic E-state index is 3.81. The minimum Gasteiger partial charge on any atom is -0.310 e. The highest BCUT2D eigenvalue weighted by atomic mass is 15.2. The van der Waals surface area contributed by atoms with E-state index in [4.69, 9.17) is 0 Å². The Morgan fingerprint density at radius 1 is 0.706 bits per heavy atom. The Hall–Kier alpha value is -0.0800. The summed E-state index contributed by atoms with van der Waals surface area (Å²) in [5, 5.41) is 3.81. The lowest BCUT2D eigenvalue weighted by Crippen LogP contribution is -2.38. The standard InChI is InChI=1S/C15H28N2/c1-2-4-6-15(7-5-3-1)17-11-10-14(12-17)16-13-8-9-13/h13-16H,1-12H2. The maximum Gasteiger partial charge on any atom is 0.0209 e. The third-order valence-electron chi connectivity index (χ3n) is 4.86. The molecular weight excluding hydrogens is 208 g/mol. The Morgan fingerprint density at radius 2 is 1.41 bits per heavy atom. The molecule has 0 spiro atoms. The minimum absolute atomic E-state index is 0.813. The van der Waals surface area contributed by atoms with Crippen LogP contribution >= 0.6 is 0 Å². The fourth-order valence-corrected chi connectivity index (χ4v) is 3.64. The second-order valence-corrected chi connectivity index (χ2v) is 6.42. The monoisotopic (exact) mass is 236 g/mol. The third-order valence-corrected chi connectivity index (χ3v) is 4.86. The Morgan fingerprint density at radius 3 is 2.12 bits per heavy atom.